The average molecular weight is 280 g/mol. The van der Waals surface area contributed by atoms with Gasteiger partial charge in [0.25, 0.3) is 0 Å². The average Bonchev–Trinajstić information content (AvgIpc) is 2.53. The minimum absolute atomic E-state index is 0.673. The number of fused-ring (bicyclic) bond motifs is 1. The largest absolute Gasteiger partial charge is 0.496 e. The van der Waals surface area contributed by atoms with Gasteiger partial charge in [0.05, 0.1) is 18.1 Å². The molecule has 4 nitrogen and oxygen atoms in total. The molecule has 1 aromatic heterocycles. The first kappa shape index (κ1) is 13.5. The first-order valence-electron chi connectivity index (χ1n) is 6.72. The zero-order valence-electron chi connectivity index (χ0n) is 11.9. The maximum absolute atomic E-state index is 10.7. The van der Waals surface area contributed by atoms with Crippen LogP contribution in [0.25, 0.3) is 11.0 Å². The van der Waals surface area contributed by atoms with E-state index in [9.17, 15) is 5.11 Å². The maximum Gasteiger partial charge on any atom is 0.125 e. The van der Waals surface area contributed by atoms with Crippen molar-refractivity contribution >= 4 is 11.0 Å². The van der Waals surface area contributed by atoms with Crippen LogP contribution in [0.1, 0.15) is 22.8 Å². The molecule has 0 fully saturated rings. The Hall–Kier alpha value is -2.46. The molecule has 1 unspecified atom stereocenters. The number of methoxy groups -OCH3 is 1. The smallest absolute Gasteiger partial charge is 0.125 e. The van der Waals surface area contributed by atoms with Crippen molar-refractivity contribution < 1.29 is 9.84 Å². The van der Waals surface area contributed by atoms with Gasteiger partial charge >= 0.3 is 0 Å². The van der Waals surface area contributed by atoms with E-state index in [2.05, 4.69) is 9.97 Å². The normalized spacial score (nSPS) is 12.3. The van der Waals surface area contributed by atoms with Crippen LogP contribution >= 0.6 is 0 Å². The van der Waals surface area contributed by atoms with E-state index in [1.807, 2.05) is 43.3 Å². The van der Waals surface area contributed by atoms with Crippen molar-refractivity contribution in [3.8, 4) is 5.75 Å². The van der Waals surface area contributed by atoms with Gasteiger partial charge in [0.15, 0.2) is 0 Å². The van der Waals surface area contributed by atoms with Crippen molar-refractivity contribution in [1.82, 2.24) is 9.97 Å². The Morgan fingerprint density at radius 3 is 2.52 bits per heavy atom. The van der Waals surface area contributed by atoms with Crippen LogP contribution in [0.15, 0.2) is 48.8 Å². The fourth-order valence-corrected chi connectivity index (χ4v) is 2.40. The molecule has 2 aromatic carbocycles. The van der Waals surface area contributed by atoms with Crippen LogP contribution in [-0.4, -0.2) is 22.2 Å². The van der Waals surface area contributed by atoms with Crippen molar-refractivity contribution in [3.63, 3.8) is 0 Å². The van der Waals surface area contributed by atoms with E-state index in [0.29, 0.717) is 5.75 Å². The monoisotopic (exact) mass is 280 g/mol. The second-order valence-electron chi connectivity index (χ2n) is 4.95. The fraction of sp³-hybridized carbons (Fsp3) is 0.176. The quantitative estimate of drug-likeness (QED) is 0.801. The lowest BCUT2D eigenvalue weighted by Gasteiger charge is -2.16. The molecule has 0 saturated carbocycles. The molecule has 0 amide bonds. The molecule has 21 heavy (non-hydrogen) atoms. The summed E-state index contributed by atoms with van der Waals surface area (Å²) in [4.78, 5) is 8.51. The lowest BCUT2D eigenvalue weighted by atomic mass is 9.98. The molecule has 0 aliphatic carbocycles. The van der Waals surface area contributed by atoms with Gasteiger partial charge < -0.3 is 9.84 Å². The number of hydrogen-bond acceptors (Lipinski definition) is 4. The van der Waals surface area contributed by atoms with Gasteiger partial charge in [-0.1, -0.05) is 17.7 Å². The number of aromatic nitrogens is 2. The summed E-state index contributed by atoms with van der Waals surface area (Å²) in [6.07, 6.45) is 2.54. The molecule has 3 aromatic rings. The first-order chi connectivity index (χ1) is 10.2. The summed E-state index contributed by atoms with van der Waals surface area (Å²) < 4.78 is 5.34. The second kappa shape index (κ2) is 5.50. The van der Waals surface area contributed by atoms with E-state index < -0.39 is 6.10 Å². The molecule has 0 bridgehead atoms. The highest BCUT2D eigenvalue weighted by Gasteiger charge is 2.16. The molecule has 3 rings (SSSR count). The Bertz CT molecular complexity index is 787. The third-order valence-electron chi connectivity index (χ3n) is 3.49. The van der Waals surface area contributed by atoms with Crippen LogP contribution in [0.3, 0.4) is 0 Å². The highest BCUT2D eigenvalue weighted by atomic mass is 16.5. The lowest BCUT2D eigenvalue weighted by Crippen LogP contribution is -2.03. The van der Waals surface area contributed by atoms with Crippen LogP contribution in [0, 0.1) is 6.92 Å². The van der Waals surface area contributed by atoms with E-state index in [0.717, 1.165) is 27.7 Å². The summed E-state index contributed by atoms with van der Waals surface area (Å²) in [6.45, 7) is 1.99. The fourth-order valence-electron chi connectivity index (χ4n) is 2.40. The Kier molecular flexibility index (Phi) is 3.54. The number of aryl methyl sites for hydroxylation is 1. The number of nitrogens with zero attached hydrogens (tertiary/aromatic N) is 2. The number of hydrogen-bond donors (Lipinski definition) is 1. The molecule has 0 aliphatic heterocycles. The minimum Gasteiger partial charge on any atom is -0.496 e. The lowest BCUT2D eigenvalue weighted by molar-refractivity contribution is 0.215. The van der Waals surface area contributed by atoms with Crippen LogP contribution in [0.2, 0.25) is 0 Å². The third kappa shape index (κ3) is 2.58. The molecule has 1 heterocycles. The topological polar surface area (TPSA) is 55.2 Å². The van der Waals surface area contributed by atoms with Gasteiger partial charge in [-0.05, 0) is 36.8 Å². The number of rotatable bonds is 3. The molecule has 0 saturated heterocycles. The molecular formula is C17H16N2O2. The van der Waals surface area contributed by atoms with Crippen molar-refractivity contribution in [2.75, 3.05) is 7.11 Å². The van der Waals surface area contributed by atoms with E-state index in [1.165, 1.54) is 0 Å². The molecular weight excluding hydrogens is 264 g/mol. The van der Waals surface area contributed by atoms with Crippen molar-refractivity contribution in [3.05, 3.63) is 65.5 Å². The van der Waals surface area contributed by atoms with E-state index in [-0.39, 0.29) is 0 Å². The van der Waals surface area contributed by atoms with Gasteiger partial charge in [-0.3, -0.25) is 9.97 Å². The van der Waals surface area contributed by atoms with E-state index in [1.54, 1.807) is 19.5 Å². The molecule has 1 N–H and O–H groups in total. The predicted molar refractivity (Wildman–Crippen MR) is 81.3 cm³/mol. The number of aliphatic hydroxyl groups is 1. The van der Waals surface area contributed by atoms with Crippen molar-refractivity contribution in [2.24, 2.45) is 0 Å². The van der Waals surface area contributed by atoms with Crippen LogP contribution in [0.4, 0.5) is 0 Å². The molecule has 106 valence electrons. The zero-order chi connectivity index (χ0) is 14.8. The predicted octanol–water partition coefficient (Wildman–Crippen LogP) is 3.03. The Labute approximate surface area is 123 Å². The van der Waals surface area contributed by atoms with Crippen molar-refractivity contribution in [2.45, 2.75) is 13.0 Å². The highest BCUT2D eigenvalue weighted by molar-refractivity contribution is 5.74. The Morgan fingerprint density at radius 2 is 1.76 bits per heavy atom. The van der Waals surface area contributed by atoms with Gasteiger partial charge in [-0.2, -0.15) is 0 Å². The van der Waals surface area contributed by atoms with Crippen LogP contribution in [0.5, 0.6) is 5.75 Å². The zero-order valence-corrected chi connectivity index (χ0v) is 11.9. The first-order valence-corrected chi connectivity index (χ1v) is 6.72. The summed E-state index contributed by atoms with van der Waals surface area (Å²) >= 11 is 0. The van der Waals surface area contributed by atoms with Crippen molar-refractivity contribution in [1.29, 1.82) is 0 Å². The molecule has 0 aliphatic rings. The number of benzene rings is 2. The Morgan fingerprint density at radius 1 is 1.00 bits per heavy atom. The number of ether oxygens (including phenoxy) is 1. The second-order valence-corrected chi connectivity index (χ2v) is 4.95. The van der Waals surface area contributed by atoms with E-state index in [4.69, 9.17) is 4.74 Å². The number of aliphatic hydroxyl groups excluding tert-OH is 1. The van der Waals surface area contributed by atoms with Gasteiger partial charge in [0, 0.05) is 18.0 Å². The van der Waals surface area contributed by atoms with E-state index >= 15 is 0 Å². The van der Waals surface area contributed by atoms with Crippen LogP contribution < -0.4 is 4.74 Å². The summed E-state index contributed by atoms with van der Waals surface area (Å²) in [7, 11) is 1.60. The molecule has 0 spiro atoms. The SMILES string of the molecule is COc1ccc(C)cc1C(O)c1ccc2nccnc2c1. The maximum atomic E-state index is 10.7. The summed E-state index contributed by atoms with van der Waals surface area (Å²) in [6, 6.07) is 11.3. The summed E-state index contributed by atoms with van der Waals surface area (Å²) in [5.41, 5.74) is 4.17. The standard InChI is InChI=1S/C17H16N2O2/c1-11-3-6-16(21-2)13(9-11)17(20)12-4-5-14-15(10-12)19-8-7-18-14/h3-10,17,20H,1-2H3. The summed E-state index contributed by atoms with van der Waals surface area (Å²) in [5, 5.41) is 10.7. The van der Waals surface area contributed by atoms with Gasteiger partial charge in [-0.15, -0.1) is 0 Å². The van der Waals surface area contributed by atoms with Gasteiger partial charge in [-0.25, -0.2) is 0 Å². The third-order valence-corrected chi connectivity index (χ3v) is 3.49. The van der Waals surface area contributed by atoms with Gasteiger partial charge in [0.1, 0.15) is 11.9 Å². The molecule has 0 radical (unpaired) electrons. The minimum atomic E-state index is -0.758. The van der Waals surface area contributed by atoms with Gasteiger partial charge in [0.2, 0.25) is 0 Å². The molecule has 1 atom stereocenters. The Balaban J connectivity index is 2.07. The van der Waals surface area contributed by atoms with Crippen LogP contribution in [-0.2, 0) is 0 Å². The summed E-state index contributed by atoms with van der Waals surface area (Å²) in [5.74, 6) is 0.673. The molecule has 4 heteroatoms. The highest BCUT2D eigenvalue weighted by Crippen LogP contribution is 2.31.